The van der Waals surface area contributed by atoms with Crippen LogP contribution in [0.2, 0.25) is 0 Å². The number of hydrogen-bond acceptors (Lipinski definition) is 3. The second-order valence-corrected chi connectivity index (χ2v) is 5.30. The van der Waals surface area contributed by atoms with Crippen molar-refractivity contribution in [1.82, 2.24) is 20.7 Å². The molecule has 2 unspecified atom stereocenters. The van der Waals surface area contributed by atoms with Crippen LogP contribution in [0.1, 0.15) is 36.2 Å². The molecule has 6 heteroatoms. The fraction of sp³-hybridized carbons (Fsp3) is 0.700. The summed E-state index contributed by atoms with van der Waals surface area (Å²) >= 11 is 3.67. The monoisotopic (exact) mass is 286 g/mol. The lowest BCUT2D eigenvalue weighted by Crippen LogP contribution is -2.34. The van der Waals surface area contributed by atoms with Crippen LogP contribution in [0.3, 0.4) is 0 Å². The van der Waals surface area contributed by atoms with E-state index in [9.17, 15) is 4.79 Å². The average molecular weight is 287 g/mol. The second-order valence-electron chi connectivity index (χ2n) is 4.13. The van der Waals surface area contributed by atoms with E-state index in [1.807, 2.05) is 0 Å². The fourth-order valence-corrected chi connectivity index (χ4v) is 2.79. The van der Waals surface area contributed by atoms with Gasteiger partial charge >= 0.3 is 0 Å². The zero-order valence-corrected chi connectivity index (χ0v) is 10.5. The summed E-state index contributed by atoms with van der Waals surface area (Å²) in [6, 6.07) is 0. The van der Waals surface area contributed by atoms with Crippen LogP contribution >= 0.6 is 15.9 Å². The minimum atomic E-state index is -0.154. The number of carbonyl (C=O) groups is 1. The molecule has 1 saturated carbocycles. The van der Waals surface area contributed by atoms with Crippen molar-refractivity contribution in [2.75, 3.05) is 6.54 Å². The molecule has 5 nitrogen and oxygen atoms in total. The first kappa shape index (κ1) is 11.6. The Morgan fingerprint density at radius 1 is 1.56 bits per heavy atom. The van der Waals surface area contributed by atoms with Gasteiger partial charge in [-0.15, -0.1) is 0 Å². The number of H-pyrrole nitrogens is 1. The first-order valence-electron chi connectivity index (χ1n) is 5.55. The maximum Gasteiger partial charge on any atom is 0.273 e. The topological polar surface area (TPSA) is 70.7 Å². The van der Waals surface area contributed by atoms with Gasteiger partial charge < -0.3 is 5.32 Å². The highest BCUT2D eigenvalue weighted by Crippen LogP contribution is 2.29. The zero-order valence-electron chi connectivity index (χ0n) is 8.95. The van der Waals surface area contributed by atoms with Gasteiger partial charge in [-0.1, -0.05) is 28.8 Å². The lowest BCUT2D eigenvalue weighted by molar-refractivity contribution is 0.0939. The number of alkyl halides is 1. The van der Waals surface area contributed by atoms with Gasteiger partial charge in [-0.3, -0.25) is 4.79 Å². The van der Waals surface area contributed by atoms with Gasteiger partial charge in [0.15, 0.2) is 5.69 Å². The minimum absolute atomic E-state index is 0.154. The average Bonchev–Trinajstić information content (AvgIpc) is 2.81. The van der Waals surface area contributed by atoms with E-state index in [0.29, 0.717) is 23.0 Å². The maximum atomic E-state index is 11.6. The number of amides is 1. The Kier molecular flexibility index (Phi) is 3.93. The van der Waals surface area contributed by atoms with E-state index in [4.69, 9.17) is 0 Å². The van der Waals surface area contributed by atoms with Gasteiger partial charge in [0.05, 0.1) is 6.20 Å². The molecule has 0 aliphatic heterocycles. The summed E-state index contributed by atoms with van der Waals surface area (Å²) in [5.41, 5.74) is 0.349. The normalized spacial score (nSPS) is 25.3. The van der Waals surface area contributed by atoms with Gasteiger partial charge in [0, 0.05) is 11.4 Å². The second kappa shape index (κ2) is 5.43. The molecule has 16 heavy (non-hydrogen) atoms. The van der Waals surface area contributed by atoms with E-state index >= 15 is 0 Å². The first-order chi connectivity index (χ1) is 7.77. The Morgan fingerprint density at radius 3 is 3.06 bits per heavy atom. The predicted molar refractivity (Wildman–Crippen MR) is 63.4 cm³/mol. The van der Waals surface area contributed by atoms with Crippen molar-refractivity contribution in [3.8, 4) is 0 Å². The Hall–Kier alpha value is -0.910. The first-order valence-corrected chi connectivity index (χ1v) is 6.47. The summed E-state index contributed by atoms with van der Waals surface area (Å²) in [5, 5.41) is 12.7. The molecular formula is C10H15BrN4O. The summed E-state index contributed by atoms with van der Waals surface area (Å²) in [5.74, 6) is 0.378. The third-order valence-electron chi connectivity index (χ3n) is 2.99. The third kappa shape index (κ3) is 2.81. The van der Waals surface area contributed by atoms with Crippen LogP contribution < -0.4 is 5.32 Å². The standard InChI is InChI=1S/C10H15BrN4O/c11-8-4-2-1-3-7(8)5-12-10(16)9-6-13-15-14-9/h6-8H,1-5H2,(H,12,16)(H,13,14,15). The van der Waals surface area contributed by atoms with E-state index in [2.05, 4.69) is 36.7 Å². The van der Waals surface area contributed by atoms with E-state index < -0.39 is 0 Å². The number of carbonyl (C=O) groups excluding carboxylic acids is 1. The largest absolute Gasteiger partial charge is 0.350 e. The van der Waals surface area contributed by atoms with Crippen molar-refractivity contribution in [2.24, 2.45) is 5.92 Å². The zero-order chi connectivity index (χ0) is 11.4. The highest BCUT2D eigenvalue weighted by Gasteiger charge is 2.23. The van der Waals surface area contributed by atoms with Gasteiger partial charge in [-0.2, -0.15) is 15.4 Å². The van der Waals surface area contributed by atoms with Crippen LogP contribution in [0.5, 0.6) is 0 Å². The van der Waals surface area contributed by atoms with Crippen LogP contribution in [0.4, 0.5) is 0 Å². The fourth-order valence-electron chi connectivity index (χ4n) is 2.02. The van der Waals surface area contributed by atoms with Gasteiger partial charge in [-0.25, -0.2) is 0 Å². The molecule has 1 aromatic rings. The Morgan fingerprint density at radius 2 is 2.38 bits per heavy atom. The molecule has 1 amide bonds. The van der Waals surface area contributed by atoms with Crippen molar-refractivity contribution in [3.05, 3.63) is 11.9 Å². The quantitative estimate of drug-likeness (QED) is 0.827. The number of aromatic amines is 1. The molecule has 1 heterocycles. The molecule has 1 fully saturated rings. The Balaban J connectivity index is 1.80. The SMILES string of the molecule is O=C(NCC1CCCCC1Br)c1cn[nH]n1. The van der Waals surface area contributed by atoms with E-state index in [0.717, 1.165) is 0 Å². The Labute approximate surface area is 103 Å². The molecule has 1 aliphatic rings. The van der Waals surface area contributed by atoms with E-state index in [1.165, 1.54) is 31.9 Å². The molecule has 2 rings (SSSR count). The number of aromatic nitrogens is 3. The third-order valence-corrected chi connectivity index (χ3v) is 4.19. The van der Waals surface area contributed by atoms with Crippen molar-refractivity contribution < 1.29 is 4.79 Å². The van der Waals surface area contributed by atoms with E-state index in [1.54, 1.807) is 0 Å². The van der Waals surface area contributed by atoms with Gasteiger partial charge in [0.2, 0.25) is 0 Å². The number of nitrogens with one attached hydrogen (secondary N) is 2. The maximum absolute atomic E-state index is 11.6. The molecule has 0 spiro atoms. The molecule has 1 aromatic heterocycles. The molecular weight excluding hydrogens is 272 g/mol. The predicted octanol–water partition coefficient (Wildman–Crippen LogP) is 1.49. The van der Waals surface area contributed by atoms with Crippen LogP contribution in [-0.2, 0) is 0 Å². The molecule has 1 aliphatic carbocycles. The summed E-state index contributed by atoms with van der Waals surface area (Å²) in [6.45, 7) is 0.710. The minimum Gasteiger partial charge on any atom is -0.350 e. The number of rotatable bonds is 3. The molecule has 2 N–H and O–H groups in total. The molecule has 2 atom stereocenters. The van der Waals surface area contributed by atoms with Crippen molar-refractivity contribution in [1.29, 1.82) is 0 Å². The van der Waals surface area contributed by atoms with Crippen molar-refractivity contribution >= 4 is 21.8 Å². The lowest BCUT2D eigenvalue weighted by Gasteiger charge is -2.27. The van der Waals surface area contributed by atoms with Gasteiger partial charge in [0.25, 0.3) is 5.91 Å². The van der Waals surface area contributed by atoms with Crippen molar-refractivity contribution in [3.63, 3.8) is 0 Å². The lowest BCUT2D eigenvalue weighted by atomic mass is 9.89. The number of halogens is 1. The van der Waals surface area contributed by atoms with Crippen LogP contribution in [-0.4, -0.2) is 32.7 Å². The summed E-state index contributed by atoms with van der Waals surface area (Å²) in [6.07, 6.45) is 6.34. The van der Waals surface area contributed by atoms with Crippen LogP contribution in [0, 0.1) is 5.92 Å². The molecule has 0 bridgehead atoms. The van der Waals surface area contributed by atoms with Crippen molar-refractivity contribution in [2.45, 2.75) is 30.5 Å². The van der Waals surface area contributed by atoms with Gasteiger partial charge in [0.1, 0.15) is 0 Å². The smallest absolute Gasteiger partial charge is 0.273 e. The highest BCUT2D eigenvalue weighted by atomic mass is 79.9. The molecule has 0 aromatic carbocycles. The summed E-state index contributed by atoms with van der Waals surface area (Å²) in [4.78, 5) is 12.1. The molecule has 88 valence electrons. The summed E-state index contributed by atoms with van der Waals surface area (Å²) in [7, 11) is 0. The van der Waals surface area contributed by atoms with Gasteiger partial charge in [-0.05, 0) is 18.8 Å². The van der Waals surface area contributed by atoms with Crippen LogP contribution in [0.15, 0.2) is 6.20 Å². The molecule has 0 radical (unpaired) electrons. The number of hydrogen-bond donors (Lipinski definition) is 2. The van der Waals surface area contributed by atoms with E-state index in [-0.39, 0.29) is 5.91 Å². The molecule has 0 saturated heterocycles. The Bertz CT molecular complexity index is 341. The highest BCUT2D eigenvalue weighted by molar-refractivity contribution is 9.09. The summed E-state index contributed by atoms with van der Waals surface area (Å²) < 4.78 is 0. The van der Waals surface area contributed by atoms with Crippen LogP contribution in [0.25, 0.3) is 0 Å². The number of nitrogens with zero attached hydrogens (tertiary/aromatic N) is 2.